The van der Waals surface area contributed by atoms with Crippen molar-refractivity contribution < 1.29 is 9.84 Å². The Bertz CT molecular complexity index is 342. The number of aryl methyl sites for hydroxylation is 1. The second-order valence-corrected chi connectivity index (χ2v) is 4.15. The molecule has 0 aliphatic heterocycles. The summed E-state index contributed by atoms with van der Waals surface area (Å²) in [5.74, 6) is 0.825. The van der Waals surface area contributed by atoms with E-state index in [1.807, 2.05) is 19.1 Å². The van der Waals surface area contributed by atoms with Gasteiger partial charge >= 0.3 is 0 Å². The van der Waals surface area contributed by atoms with Crippen LogP contribution >= 0.6 is 0 Å². The second kappa shape index (κ2) is 3.28. The Morgan fingerprint density at radius 3 is 2.93 bits per heavy atom. The maximum atomic E-state index is 10.2. The van der Waals surface area contributed by atoms with Crippen molar-refractivity contribution in [2.24, 2.45) is 0 Å². The van der Waals surface area contributed by atoms with E-state index in [1.54, 1.807) is 7.11 Å². The molecule has 2 rings (SSSR count). The molecule has 1 atom stereocenters. The molecule has 0 bridgehead atoms. The minimum absolute atomic E-state index is 0.678. The van der Waals surface area contributed by atoms with Crippen molar-refractivity contribution in [3.05, 3.63) is 29.3 Å². The SMILES string of the molecule is COc1ccc2c(c1)C(C)(O)CCC2. The number of hydrogen-bond acceptors (Lipinski definition) is 2. The zero-order valence-corrected chi connectivity index (χ0v) is 8.71. The Morgan fingerprint density at radius 1 is 1.43 bits per heavy atom. The summed E-state index contributed by atoms with van der Waals surface area (Å²) in [5.41, 5.74) is 1.60. The van der Waals surface area contributed by atoms with Gasteiger partial charge in [-0.1, -0.05) is 6.07 Å². The van der Waals surface area contributed by atoms with Gasteiger partial charge in [-0.25, -0.2) is 0 Å². The van der Waals surface area contributed by atoms with Crippen molar-refractivity contribution in [1.82, 2.24) is 0 Å². The van der Waals surface area contributed by atoms with Gasteiger partial charge in [-0.15, -0.1) is 0 Å². The van der Waals surface area contributed by atoms with E-state index < -0.39 is 5.60 Å². The zero-order chi connectivity index (χ0) is 10.2. The topological polar surface area (TPSA) is 29.5 Å². The van der Waals surface area contributed by atoms with Crippen molar-refractivity contribution in [3.8, 4) is 5.75 Å². The number of benzene rings is 1. The Kier molecular flexibility index (Phi) is 2.23. The second-order valence-electron chi connectivity index (χ2n) is 4.15. The molecule has 1 aromatic rings. The van der Waals surface area contributed by atoms with Gasteiger partial charge in [-0.2, -0.15) is 0 Å². The predicted molar refractivity (Wildman–Crippen MR) is 55.5 cm³/mol. The van der Waals surface area contributed by atoms with Crippen molar-refractivity contribution >= 4 is 0 Å². The molecule has 1 N–H and O–H groups in total. The zero-order valence-electron chi connectivity index (χ0n) is 8.71. The number of fused-ring (bicyclic) bond motifs is 1. The molecule has 0 aromatic heterocycles. The van der Waals surface area contributed by atoms with Crippen LogP contribution in [0.25, 0.3) is 0 Å². The molecule has 0 amide bonds. The van der Waals surface area contributed by atoms with E-state index in [4.69, 9.17) is 4.74 Å². The Morgan fingerprint density at radius 2 is 2.21 bits per heavy atom. The lowest BCUT2D eigenvalue weighted by Crippen LogP contribution is -2.26. The molecular weight excluding hydrogens is 176 g/mol. The van der Waals surface area contributed by atoms with Gasteiger partial charge in [0, 0.05) is 0 Å². The summed E-state index contributed by atoms with van der Waals surface area (Å²) in [6.07, 6.45) is 2.97. The van der Waals surface area contributed by atoms with Crippen LogP contribution in [-0.2, 0) is 12.0 Å². The lowest BCUT2D eigenvalue weighted by molar-refractivity contribution is 0.0385. The highest BCUT2D eigenvalue weighted by Crippen LogP contribution is 2.36. The first-order valence-corrected chi connectivity index (χ1v) is 5.03. The number of aliphatic hydroxyl groups is 1. The third-order valence-electron chi connectivity index (χ3n) is 3.01. The Hall–Kier alpha value is -1.02. The number of ether oxygens (including phenoxy) is 1. The predicted octanol–water partition coefficient (Wildman–Crippen LogP) is 2.24. The third-order valence-corrected chi connectivity index (χ3v) is 3.01. The molecule has 1 aromatic carbocycles. The summed E-state index contributed by atoms with van der Waals surface area (Å²) in [6.45, 7) is 1.88. The third kappa shape index (κ3) is 1.50. The van der Waals surface area contributed by atoms with Gasteiger partial charge in [-0.3, -0.25) is 0 Å². The average Bonchev–Trinajstić information content (AvgIpc) is 2.17. The Balaban J connectivity index is 2.49. The fourth-order valence-electron chi connectivity index (χ4n) is 2.16. The lowest BCUT2D eigenvalue weighted by Gasteiger charge is -2.31. The minimum atomic E-state index is -0.678. The lowest BCUT2D eigenvalue weighted by atomic mass is 9.80. The summed E-state index contributed by atoms with van der Waals surface area (Å²) >= 11 is 0. The van der Waals surface area contributed by atoms with E-state index in [0.717, 1.165) is 30.6 Å². The highest BCUT2D eigenvalue weighted by atomic mass is 16.5. The van der Waals surface area contributed by atoms with Gasteiger partial charge < -0.3 is 9.84 Å². The van der Waals surface area contributed by atoms with Gasteiger partial charge in [0.25, 0.3) is 0 Å². The summed E-state index contributed by atoms with van der Waals surface area (Å²) in [6, 6.07) is 5.97. The number of methoxy groups -OCH3 is 1. The molecule has 1 aliphatic carbocycles. The van der Waals surface area contributed by atoms with Crippen LogP contribution in [0.15, 0.2) is 18.2 Å². The van der Waals surface area contributed by atoms with Crippen molar-refractivity contribution in [2.45, 2.75) is 31.8 Å². The van der Waals surface area contributed by atoms with Gasteiger partial charge in [0.15, 0.2) is 0 Å². The minimum Gasteiger partial charge on any atom is -0.497 e. The molecule has 0 fully saturated rings. The van der Waals surface area contributed by atoms with Crippen molar-refractivity contribution in [2.75, 3.05) is 7.11 Å². The molecule has 0 spiro atoms. The van der Waals surface area contributed by atoms with Crippen molar-refractivity contribution in [3.63, 3.8) is 0 Å². The quantitative estimate of drug-likeness (QED) is 0.739. The van der Waals surface area contributed by atoms with Crippen LogP contribution in [0.5, 0.6) is 5.75 Å². The average molecular weight is 192 g/mol. The van der Waals surface area contributed by atoms with E-state index in [2.05, 4.69) is 6.07 Å². The molecule has 2 heteroatoms. The fourth-order valence-corrected chi connectivity index (χ4v) is 2.16. The van der Waals surface area contributed by atoms with E-state index in [0.29, 0.717) is 0 Å². The standard InChI is InChI=1S/C12H16O2/c1-12(13)7-3-4-9-5-6-10(14-2)8-11(9)12/h5-6,8,13H,3-4,7H2,1-2H3. The van der Waals surface area contributed by atoms with Crippen LogP contribution in [0.2, 0.25) is 0 Å². The smallest absolute Gasteiger partial charge is 0.119 e. The summed E-state index contributed by atoms with van der Waals surface area (Å²) in [7, 11) is 1.65. The van der Waals surface area contributed by atoms with Crippen LogP contribution in [0.3, 0.4) is 0 Å². The van der Waals surface area contributed by atoms with E-state index >= 15 is 0 Å². The number of rotatable bonds is 1. The molecule has 0 saturated heterocycles. The van der Waals surface area contributed by atoms with E-state index in [1.165, 1.54) is 5.56 Å². The number of hydrogen-bond donors (Lipinski definition) is 1. The summed E-state index contributed by atoms with van der Waals surface area (Å²) in [5, 5.41) is 10.2. The van der Waals surface area contributed by atoms with Crippen molar-refractivity contribution in [1.29, 1.82) is 0 Å². The van der Waals surface area contributed by atoms with Gasteiger partial charge in [-0.05, 0) is 49.4 Å². The van der Waals surface area contributed by atoms with E-state index in [9.17, 15) is 5.11 Å². The molecule has 1 aliphatic rings. The largest absolute Gasteiger partial charge is 0.497 e. The molecule has 1 unspecified atom stereocenters. The highest BCUT2D eigenvalue weighted by molar-refractivity contribution is 5.40. The first-order valence-electron chi connectivity index (χ1n) is 5.03. The normalized spacial score (nSPS) is 25.6. The van der Waals surface area contributed by atoms with Crippen LogP contribution < -0.4 is 4.74 Å². The summed E-state index contributed by atoms with van der Waals surface area (Å²) in [4.78, 5) is 0. The van der Waals surface area contributed by atoms with Gasteiger partial charge in [0.05, 0.1) is 12.7 Å². The Labute approximate surface area is 84.5 Å². The molecule has 2 nitrogen and oxygen atoms in total. The molecule has 14 heavy (non-hydrogen) atoms. The van der Waals surface area contributed by atoms with Crippen LogP contribution in [0.1, 0.15) is 30.9 Å². The first-order chi connectivity index (χ1) is 6.63. The molecular formula is C12H16O2. The van der Waals surface area contributed by atoms with Gasteiger partial charge in [0.2, 0.25) is 0 Å². The van der Waals surface area contributed by atoms with Crippen LogP contribution in [0, 0.1) is 0 Å². The molecule has 76 valence electrons. The van der Waals surface area contributed by atoms with Crippen LogP contribution in [0.4, 0.5) is 0 Å². The monoisotopic (exact) mass is 192 g/mol. The maximum Gasteiger partial charge on any atom is 0.119 e. The van der Waals surface area contributed by atoms with E-state index in [-0.39, 0.29) is 0 Å². The fraction of sp³-hybridized carbons (Fsp3) is 0.500. The highest BCUT2D eigenvalue weighted by Gasteiger charge is 2.29. The molecule has 0 radical (unpaired) electrons. The summed E-state index contributed by atoms with van der Waals surface area (Å²) < 4.78 is 5.16. The first kappa shape index (κ1) is 9.53. The van der Waals surface area contributed by atoms with Crippen LogP contribution in [-0.4, -0.2) is 12.2 Å². The van der Waals surface area contributed by atoms with Gasteiger partial charge in [0.1, 0.15) is 5.75 Å². The molecule has 0 heterocycles. The molecule has 0 saturated carbocycles. The maximum absolute atomic E-state index is 10.2.